The minimum absolute atomic E-state index is 0.00204. The molecule has 1 unspecified atom stereocenters. The molecule has 5 rings (SSSR count). The van der Waals surface area contributed by atoms with Crippen molar-refractivity contribution in [3.63, 3.8) is 0 Å². The second-order valence-corrected chi connectivity index (χ2v) is 9.83. The Morgan fingerprint density at radius 1 is 1.02 bits per heavy atom. The molecule has 0 aliphatic carbocycles. The van der Waals surface area contributed by atoms with Crippen LogP contribution in [-0.2, 0) is 6.42 Å². The standard InChI is InChI=1S/C31H34FN7O/c32-25-11-7-23(8-12-25)28(29-6-1-3-16-34-29)5-2-4-19-39(20-15-27-21-33-22-37-27)30(40)24-9-13-26(14-10-24)38-31-35-17-18-36-31/h1,3,6-14,16,21-22,28H,2,4-5,15,17-20H2,(H,33,37)(H2,35,36,38). The van der Waals surface area contributed by atoms with Gasteiger partial charge in [-0.1, -0.05) is 24.6 Å². The first-order chi connectivity index (χ1) is 19.7. The van der Waals surface area contributed by atoms with E-state index in [1.807, 2.05) is 59.5 Å². The van der Waals surface area contributed by atoms with Gasteiger partial charge in [0, 0.05) is 67.0 Å². The molecule has 3 N–H and O–H groups in total. The van der Waals surface area contributed by atoms with E-state index in [1.165, 1.54) is 12.1 Å². The number of anilines is 1. The Hall–Kier alpha value is -4.53. The summed E-state index contributed by atoms with van der Waals surface area (Å²) < 4.78 is 13.6. The van der Waals surface area contributed by atoms with Crippen LogP contribution in [0.5, 0.6) is 0 Å². The third-order valence-electron chi connectivity index (χ3n) is 7.05. The fourth-order valence-electron chi connectivity index (χ4n) is 4.90. The number of unbranched alkanes of at least 4 members (excludes halogenated alkanes) is 1. The number of nitrogens with one attached hydrogen (secondary N) is 3. The number of amides is 1. The Bertz CT molecular complexity index is 1370. The maximum atomic E-state index is 13.6. The number of pyridine rings is 1. The van der Waals surface area contributed by atoms with Crippen molar-refractivity contribution in [1.82, 2.24) is 25.2 Å². The van der Waals surface area contributed by atoms with Crippen LogP contribution < -0.4 is 10.6 Å². The van der Waals surface area contributed by atoms with Crippen LogP contribution in [0.2, 0.25) is 0 Å². The first-order valence-corrected chi connectivity index (χ1v) is 13.7. The monoisotopic (exact) mass is 539 g/mol. The molecule has 0 spiro atoms. The number of benzene rings is 2. The molecule has 0 saturated heterocycles. The number of imidazole rings is 1. The number of aromatic nitrogens is 3. The number of carbonyl (C=O) groups is 1. The zero-order valence-corrected chi connectivity index (χ0v) is 22.4. The first kappa shape index (κ1) is 27.1. The van der Waals surface area contributed by atoms with Gasteiger partial charge in [-0.15, -0.1) is 0 Å². The highest BCUT2D eigenvalue weighted by Gasteiger charge is 2.19. The maximum Gasteiger partial charge on any atom is 0.253 e. The van der Waals surface area contributed by atoms with E-state index in [-0.39, 0.29) is 17.6 Å². The molecule has 3 heterocycles. The second kappa shape index (κ2) is 13.5. The fraction of sp³-hybridized carbons (Fsp3) is 0.290. The van der Waals surface area contributed by atoms with E-state index in [1.54, 1.807) is 18.7 Å². The number of nitrogens with zero attached hydrogens (tertiary/aromatic N) is 4. The lowest BCUT2D eigenvalue weighted by atomic mass is 9.90. The van der Waals surface area contributed by atoms with E-state index >= 15 is 0 Å². The lowest BCUT2D eigenvalue weighted by Gasteiger charge is -2.24. The summed E-state index contributed by atoms with van der Waals surface area (Å²) in [5, 5.41) is 6.42. The second-order valence-electron chi connectivity index (χ2n) is 9.83. The minimum atomic E-state index is -0.247. The Kier molecular flexibility index (Phi) is 9.13. The molecule has 1 aliphatic rings. The average molecular weight is 540 g/mol. The number of aromatic amines is 1. The highest BCUT2D eigenvalue weighted by atomic mass is 19.1. The van der Waals surface area contributed by atoms with Gasteiger partial charge in [-0.25, -0.2) is 9.37 Å². The zero-order valence-electron chi connectivity index (χ0n) is 22.4. The predicted molar refractivity (Wildman–Crippen MR) is 155 cm³/mol. The molecule has 9 heteroatoms. The number of aliphatic imine (C=N–C) groups is 1. The molecular formula is C31H34FN7O. The van der Waals surface area contributed by atoms with Crippen molar-refractivity contribution in [2.75, 3.05) is 31.5 Å². The molecule has 2 aromatic carbocycles. The van der Waals surface area contributed by atoms with E-state index in [0.717, 1.165) is 61.0 Å². The van der Waals surface area contributed by atoms with Gasteiger partial charge in [-0.2, -0.15) is 0 Å². The summed E-state index contributed by atoms with van der Waals surface area (Å²) in [5.41, 5.74) is 4.53. The lowest BCUT2D eigenvalue weighted by molar-refractivity contribution is 0.0754. The number of H-pyrrole nitrogens is 1. The van der Waals surface area contributed by atoms with Crippen LogP contribution in [0, 0.1) is 5.82 Å². The normalized spacial score (nSPS) is 13.4. The Labute approximate surface area is 233 Å². The van der Waals surface area contributed by atoms with Crippen molar-refractivity contribution in [3.8, 4) is 0 Å². The minimum Gasteiger partial charge on any atom is -0.354 e. The molecule has 206 valence electrons. The number of guanidine groups is 1. The molecule has 0 radical (unpaired) electrons. The number of rotatable bonds is 12. The van der Waals surface area contributed by atoms with Crippen molar-refractivity contribution < 1.29 is 9.18 Å². The van der Waals surface area contributed by atoms with Gasteiger partial charge in [0.2, 0.25) is 0 Å². The average Bonchev–Trinajstić information content (AvgIpc) is 3.71. The summed E-state index contributed by atoms with van der Waals surface area (Å²) in [6, 6.07) is 20.1. The van der Waals surface area contributed by atoms with Crippen LogP contribution in [-0.4, -0.2) is 57.9 Å². The summed E-state index contributed by atoms with van der Waals surface area (Å²) in [6.07, 6.45) is 8.52. The Morgan fingerprint density at radius 2 is 1.88 bits per heavy atom. The van der Waals surface area contributed by atoms with Gasteiger partial charge in [-0.3, -0.25) is 14.8 Å². The SMILES string of the molecule is O=C(c1ccc(NC2=NCCN2)cc1)N(CCCCC(c1ccc(F)cc1)c1ccccn1)CCc1cnc[nH]1. The van der Waals surface area contributed by atoms with Gasteiger partial charge < -0.3 is 20.5 Å². The lowest BCUT2D eigenvalue weighted by Crippen LogP contribution is -2.34. The summed E-state index contributed by atoms with van der Waals surface area (Å²) in [7, 11) is 0. The van der Waals surface area contributed by atoms with Crippen LogP contribution in [0.3, 0.4) is 0 Å². The van der Waals surface area contributed by atoms with E-state index in [0.29, 0.717) is 25.1 Å². The van der Waals surface area contributed by atoms with Gasteiger partial charge in [0.25, 0.3) is 5.91 Å². The summed E-state index contributed by atoms with van der Waals surface area (Å²) in [4.78, 5) is 31.6. The molecular weight excluding hydrogens is 505 g/mol. The summed E-state index contributed by atoms with van der Waals surface area (Å²) in [6.45, 7) is 2.81. The zero-order chi connectivity index (χ0) is 27.6. The quantitative estimate of drug-likeness (QED) is 0.220. The van der Waals surface area contributed by atoms with Crippen LogP contribution in [0.1, 0.15) is 52.5 Å². The molecule has 0 saturated carbocycles. The molecule has 2 aromatic heterocycles. The molecule has 1 amide bonds. The third-order valence-corrected chi connectivity index (χ3v) is 7.05. The predicted octanol–water partition coefficient (Wildman–Crippen LogP) is 5.00. The van der Waals surface area contributed by atoms with Crippen molar-refractivity contribution in [3.05, 3.63) is 114 Å². The van der Waals surface area contributed by atoms with Gasteiger partial charge >= 0.3 is 0 Å². The highest BCUT2D eigenvalue weighted by molar-refractivity contribution is 5.97. The third kappa shape index (κ3) is 7.31. The first-order valence-electron chi connectivity index (χ1n) is 13.7. The molecule has 0 fully saturated rings. The highest BCUT2D eigenvalue weighted by Crippen LogP contribution is 2.28. The maximum absolute atomic E-state index is 13.6. The van der Waals surface area contributed by atoms with Crippen molar-refractivity contribution in [2.45, 2.75) is 31.6 Å². The topological polar surface area (TPSA) is 98.3 Å². The van der Waals surface area contributed by atoms with Gasteiger partial charge in [0.15, 0.2) is 5.96 Å². The Morgan fingerprint density at radius 3 is 2.58 bits per heavy atom. The number of carbonyl (C=O) groups excluding carboxylic acids is 1. The van der Waals surface area contributed by atoms with Gasteiger partial charge in [0.05, 0.1) is 12.9 Å². The molecule has 40 heavy (non-hydrogen) atoms. The van der Waals surface area contributed by atoms with Crippen LogP contribution in [0.25, 0.3) is 0 Å². The van der Waals surface area contributed by atoms with Gasteiger partial charge in [-0.05, 0) is 66.9 Å². The van der Waals surface area contributed by atoms with E-state index in [2.05, 4.69) is 30.6 Å². The van der Waals surface area contributed by atoms with Crippen molar-refractivity contribution in [2.24, 2.45) is 4.99 Å². The molecule has 1 atom stereocenters. The fourth-order valence-corrected chi connectivity index (χ4v) is 4.90. The van der Waals surface area contributed by atoms with E-state index < -0.39 is 0 Å². The van der Waals surface area contributed by atoms with E-state index in [9.17, 15) is 9.18 Å². The molecule has 0 bridgehead atoms. The molecule has 4 aromatic rings. The smallest absolute Gasteiger partial charge is 0.253 e. The summed E-state index contributed by atoms with van der Waals surface area (Å²) in [5.74, 6) is 0.574. The van der Waals surface area contributed by atoms with Crippen LogP contribution >= 0.6 is 0 Å². The number of hydrogen-bond donors (Lipinski definition) is 3. The number of halogens is 1. The largest absolute Gasteiger partial charge is 0.354 e. The van der Waals surface area contributed by atoms with Gasteiger partial charge in [0.1, 0.15) is 5.82 Å². The number of hydrogen-bond acceptors (Lipinski definition) is 6. The summed E-state index contributed by atoms with van der Waals surface area (Å²) >= 11 is 0. The van der Waals surface area contributed by atoms with E-state index in [4.69, 9.17) is 0 Å². The molecule has 8 nitrogen and oxygen atoms in total. The Balaban J connectivity index is 1.23. The van der Waals surface area contributed by atoms with Crippen LogP contribution in [0.4, 0.5) is 10.1 Å². The van der Waals surface area contributed by atoms with Crippen LogP contribution in [0.15, 0.2) is 90.4 Å². The molecule has 1 aliphatic heterocycles. The van der Waals surface area contributed by atoms with Crippen molar-refractivity contribution in [1.29, 1.82) is 0 Å². The van der Waals surface area contributed by atoms with Crippen molar-refractivity contribution >= 4 is 17.6 Å².